The van der Waals surface area contributed by atoms with Gasteiger partial charge in [-0.25, -0.2) is 0 Å². The van der Waals surface area contributed by atoms with Crippen molar-refractivity contribution in [3.63, 3.8) is 0 Å². The monoisotopic (exact) mass is 204 g/mol. The first-order chi connectivity index (χ1) is 6.72. The maximum Gasteiger partial charge on any atom is 0.00705 e. The highest BCUT2D eigenvalue weighted by molar-refractivity contribution is 4.80. The van der Waals surface area contributed by atoms with Gasteiger partial charge in [0.25, 0.3) is 0 Å². The fourth-order valence-corrected chi connectivity index (χ4v) is 2.02. The zero-order valence-corrected chi connectivity index (χ0v) is 10.6. The Morgan fingerprint density at radius 3 is 1.79 bits per heavy atom. The molecule has 0 aliphatic heterocycles. The largest absolute Gasteiger partial charge is 0.317 e. The lowest BCUT2D eigenvalue weighted by Gasteiger charge is -2.30. The molecule has 0 saturated heterocycles. The van der Waals surface area contributed by atoms with Crippen LogP contribution in [-0.2, 0) is 0 Å². The molecular weight excluding hydrogens is 172 g/mol. The van der Waals surface area contributed by atoms with Gasteiger partial charge in [0.2, 0.25) is 0 Å². The van der Waals surface area contributed by atoms with Crippen LogP contribution in [0.25, 0.3) is 0 Å². The molecule has 1 saturated carbocycles. The quantitative estimate of drug-likeness (QED) is 0.738. The van der Waals surface area contributed by atoms with E-state index in [0.29, 0.717) is 6.04 Å². The molecule has 1 fully saturated rings. The Hall–Kier alpha value is -0.0800. The summed E-state index contributed by atoms with van der Waals surface area (Å²) in [5, 5.41) is 6.95. The lowest BCUT2D eigenvalue weighted by atomic mass is 9.91. The highest BCUT2D eigenvalue weighted by Crippen LogP contribution is 2.18. The second kappa shape index (κ2) is 8.25. The van der Waals surface area contributed by atoms with E-state index in [-0.39, 0.29) is 2.85 Å². The average molecular weight is 204 g/mol. The van der Waals surface area contributed by atoms with Gasteiger partial charge in [-0.2, -0.15) is 0 Å². The lowest BCUT2D eigenvalue weighted by molar-refractivity contribution is 0.305. The van der Waals surface area contributed by atoms with Crippen LogP contribution in [0, 0.1) is 0 Å². The molecule has 2 heteroatoms. The third kappa shape index (κ3) is 5.61. The van der Waals surface area contributed by atoms with Gasteiger partial charge in [0.1, 0.15) is 0 Å². The van der Waals surface area contributed by atoms with E-state index in [4.69, 9.17) is 0 Å². The van der Waals surface area contributed by atoms with Gasteiger partial charge in [-0.3, -0.25) is 0 Å². The van der Waals surface area contributed by atoms with E-state index in [0.717, 1.165) is 12.1 Å². The maximum atomic E-state index is 3.60. The van der Waals surface area contributed by atoms with Crippen molar-refractivity contribution in [3.8, 4) is 0 Å². The molecule has 1 aliphatic rings. The molecule has 0 bridgehead atoms. The average Bonchev–Trinajstić information content (AvgIpc) is 2.21. The normalized spacial score (nSPS) is 27.0. The third-order valence-corrected chi connectivity index (χ3v) is 2.70. The summed E-state index contributed by atoms with van der Waals surface area (Å²) in [6.45, 7) is 8.45. The van der Waals surface area contributed by atoms with E-state index in [2.05, 4.69) is 31.5 Å². The molecule has 0 heterocycles. The molecule has 2 nitrogen and oxygen atoms in total. The van der Waals surface area contributed by atoms with Gasteiger partial charge in [-0.05, 0) is 32.7 Å². The van der Waals surface area contributed by atoms with Crippen molar-refractivity contribution in [3.05, 3.63) is 0 Å². The molecule has 1 aliphatic carbocycles. The minimum Gasteiger partial charge on any atom is -0.317 e. The molecule has 0 unspecified atom stereocenters. The Morgan fingerprint density at radius 2 is 1.43 bits per heavy atom. The second-order valence-corrected chi connectivity index (χ2v) is 4.16. The van der Waals surface area contributed by atoms with Gasteiger partial charge in [0.05, 0.1) is 0 Å². The van der Waals surface area contributed by atoms with Gasteiger partial charge in [-0.1, -0.05) is 27.7 Å². The van der Waals surface area contributed by atoms with Crippen LogP contribution in [0.4, 0.5) is 0 Å². The minimum absolute atomic E-state index is 0. The van der Waals surface area contributed by atoms with Gasteiger partial charge < -0.3 is 10.6 Å². The van der Waals surface area contributed by atoms with Crippen LogP contribution >= 0.6 is 0 Å². The predicted octanol–water partition coefficient (Wildman–Crippen LogP) is 3.03. The second-order valence-electron chi connectivity index (χ2n) is 4.16. The minimum atomic E-state index is 0. The van der Waals surface area contributed by atoms with Crippen LogP contribution in [0.3, 0.4) is 0 Å². The summed E-state index contributed by atoms with van der Waals surface area (Å²) < 4.78 is 0. The first kappa shape index (κ1) is 13.9. The van der Waals surface area contributed by atoms with E-state index in [9.17, 15) is 0 Å². The molecule has 90 valence electrons. The van der Waals surface area contributed by atoms with Crippen LogP contribution in [0.5, 0.6) is 0 Å². The summed E-state index contributed by atoms with van der Waals surface area (Å²) in [6, 6.07) is 2.19. The summed E-state index contributed by atoms with van der Waals surface area (Å²) in [5.74, 6) is 0. The molecule has 0 aromatic carbocycles. The Labute approximate surface area is 92.8 Å². The Kier molecular flexibility index (Phi) is 8.20. The van der Waals surface area contributed by atoms with E-state index in [1.165, 1.54) is 25.7 Å². The summed E-state index contributed by atoms with van der Waals surface area (Å²) in [6.07, 6.45) is 5.34. The molecule has 0 radical (unpaired) electrons. The molecule has 0 atom stereocenters. The fraction of sp³-hybridized carbons (Fsp3) is 1.00. The summed E-state index contributed by atoms with van der Waals surface area (Å²) in [5.41, 5.74) is 0. The Bertz CT molecular complexity index is 124. The van der Waals surface area contributed by atoms with Crippen LogP contribution < -0.4 is 10.6 Å². The van der Waals surface area contributed by atoms with Crippen molar-refractivity contribution in [2.75, 3.05) is 7.05 Å². The highest BCUT2D eigenvalue weighted by Gasteiger charge is 2.19. The van der Waals surface area contributed by atoms with E-state index in [1.807, 2.05) is 13.8 Å². The number of nitrogens with one attached hydrogen (secondary N) is 2. The molecule has 2 N–H and O–H groups in total. The molecule has 0 amide bonds. The zero-order chi connectivity index (χ0) is 11.0. The Balaban J connectivity index is -0.000000399. The van der Waals surface area contributed by atoms with E-state index >= 15 is 0 Å². The summed E-state index contributed by atoms with van der Waals surface area (Å²) >= 11 is 0. The lowest BCUT2D eigenvalue weighted by Crippen LogP contribution is -2.41. The molecule has 0 aromatic rings. The molecular formula is C12H32N2. The first-order valence-electron chi connectivity index (χ1n) is 6.15. The predicted molar refractivity (Wildman–Crippen MR) is 69.0 cm³/mol. The van der Waals surface area contributed by atoms with E-state index in [1.54, 1.807) is 0 Å². The van der Waals surface area contributed by atoms with Gasteiger partial charge in [0.15, 0.2) is 0 Å². The van der Waals surface area contributed by atoms with Crippen LogP contribution in [0.2, 0.25) is 0 Å². The van der Waals surface area contributed by atoms with Gasteiger partial charge >= 0.3 is 0 Å². The molecule has 0 aromatic heterocycles. The summed E-state index contributed by atoms with van der Waals surface area (Å²) in [7, 11) is 2.07. The van der Waals surface area contributed by atoms with Crippen molar-refractivity contribution in [1.29, 1.82) is 0 Å². The third-order valence-electron chi connectivity index (χ3n) is 2.70. The number of hydrogen-bond donors (Lipinski definition) is 2. The van der Waals surface area contributed by atoms with Crippen LogP contribution in [0.1, 0.15) is 56.2 Å². The first-order valence-corrected chi connectivity index (χ1v) is 6.15. The topological polar surface area (TPSA) is 24.1 Å². The Morgan fingerprint density at radius 1 is 1.00 bits per heavy atom. The van der Waals surface area contributed by atoms with Gasteiger partial charge in [-0.15, -0.1) is 0 Å². The van der Waals surface area contributed by atoms with Crippen LogP contribution in [-0.4, -0.2) is 25.2 Å². The van der Waals surface area contributed by atoms with Crippen molar-refractivity contribution in [2.24, 2.45) is 0 Å². The molecule has 0 spiro atoms. The smallest absolute Gasteiger partial charge is 0.00705 e. The molecule has 14 heavy (non-hydrogen) atoms. The van der Waals surface area contributed by atoms with Crippen molar-refractivity contribution in [2.45, 2.75) is 71.5 Å². The number of hydrogen-bond acceptors (Lipinski definition) is 2. The standard InChI is InChI=1S/C10H22N2.C2H6.2H2/c1-8(2)12-10-6-4-9(11-3)5-7-10;1-2;;/h8-12H,4-7H2,1-3H3;1-2H3;2*1H. The van der Waals surface area contributed by atoms with Gasteiger partial charge in [0, 0.05) is 21.0 Å². The maximum absolute atomic E-state index is 3.60. The fourth-order valence-electron chi connectivity index (χ4n) is 2.02. The van der Waals surface area contributed by atoms with Crippen molar-refractivity contribution in [1.82, 2.24) is 10.6 Å². The van der Waals surface area contributed by atoms with Crippen LogP contribution in [0.15, 0.2) is 0 Å². The SMILES string of the molecule is CC.CNC1CCC(NC(C)C)CC1.[HH].[HH]. The number of rotatable bonds is 3. The molecule has 1 rings (SSSR count). The van der Waals surface area contributed by atoms with E-state index < -0.39 is 0 Å². The highest BCUT2D eigenvalue weighted by atomic mass is 15.0. The van der Waals surface area contributed by atoms with Crippen molar-refractivity contribution < 1.29 is 2.85 Å². The summed E-state index contributed by atoms with van der Waals surface area (Å²) in [4.78, 5) is 0. The van der Waals surface area contributed by atoms with Crippen molar-refractivity contribution >= 4 is 0 Å². The zero-order valence-electron chi connectivity index (χ0n) is 10.6.